The Morgan fingerprint density at radius 3 is 2.46 bits per heavy atom. The Hall–Kier alpha value is -1.60. The predicted molar refractivity (Wildman–Crippen MR) is 107 cm³/mol. The van der Waals surface area contributed by atoms with E-state index in [-0.39, 0.29) is 6.09 Å². The summed E-state index contributed by atoms with van der Waals surface area (Å²) in [6, 6.07) is 6.89. The predicted octanol–water partition coefficient (Wildman–Crippen LogP) is 3.50. The average Bonchev–Trinajstić information content (AvgIpc) is 3.45. The molecule has 2 aliphatic rings. The van der Waals surface area contributed by atoms with Crippen molar-refractivity contribution in [3.63, 3.8) is 0 Å². The van der Waals surface area contributed by atoms with Crippen LogP contribution in [0, 0.1) is 17.8 Å². The molecule has 2 fully saturated rings. The molecule has 1 amide bonds. The van der Waals surface area contributed by atoms with Crippen LogP contribution in [0.3, 0.4) is 0 Å². The van der Waals surface area contributed by atoms with Crippen molar-refractivity contribution >= 4 is 15.9 Å². The molecule has 6 nitrogen and oxygen atoms in total. The van der Waals surface area contributed by atoms with E-state index in [4.69, 9.17) is 9.47 Å². The molecule has 1 saturated carbocycles. The van der Waals surface area contributed by atoms with Gasteiger partial charge < -0.3 is 14.4 Å². The summed E-state index contributed by atoms with van der Waals surface area (Å²) in [6.07, 6.45) is 5.21. The van der Waals surface area contributed by atoms with E-state index in [0.29, 0.717) is 35.9 Å². The van der Waals surface area contributed by atoms with Crippen molar-refractivity contribution in [3.05, 3.63) is 29.8 Å². The molecule has 0 bridgehead atoms. The van der Waals surface area contributed by atoms with Gasteiger partial charge in [0.25, 0.3) is 0 Å². The minimum Gasteiger partial charge on any atom is -0.449 e. The fraction of sp³-hybridized carbons (Fsp3) is 0.667. The molecule has 1 heterocycles. The maximum Gasteiger partial charge on any atom is 0.409 e. The number of sulfone groups is 1. The van der Waals surface area contributed by atoms with Crippen LogP contribution in [0.25, 0.3) is 0 Å². The second-order valence-electron chi connectivity index (χ2n) is 8.03. The lowest BCUT2D eigenvalue weighted by atomic mass is 9.91. The van der Waals surface area contributed by atoms with Crippen molar-refractivity contribution < 1.29 is 22.7 Å². The van der Waals surface area contributed by atoms with Gasteiger partial charge in [-0.15, -0.1) is 0 Å². The summed E-state index contributed by atoms with van der Waals surface area (Å²) in [6.45, 7) is 5.34. The second-order valence-corrected chi connectivity index (χ2v) is 10.0. The van der Waals surface area contributed by atoms with E-state index >= 15 is 0 Å². The van der Waals surface area contributed by atoms with Crippen LogP contribution in [-0.4, -0.2) is 52.0 Å². The number of benzene rings is 1. The number of carbonyl (C=O) groups excluding carboxylic acids is 1. The Morgan fingerprint density at radius 1 is 1.18 bits per heavy atom. The summed E-state index contributed by atoms with van der Waals surface area (Å²) in [7, 11) is -3.15. The van der Waals surface area contributed by atoms with E-state index in [0.717, 1.165) is 44.5 Å². The molecule has 0 unspecified atom stereocenters. The van der Waals surface area contributed by atoms with Gasteiger partial charge >= 0.3 is 6.09 Å². The highest BCUT2D eigenvalue weighted by atomic mass is 32.2. The lowest BCUT2D eigenvalue weighted by Crippen LogP contribution is -2.39. The van der Waals surface area contributed by atoms with Gasteiger partial charge in [0, 0.05) is 19.3 Å². The molecule has 3 rings (SSSR count). The van der Waals surface area contributed by atoms with Crippen molar-refractivity contribution in [1.82, 2.24) is 4.90 Å². The minimum absolute atomic E-state index is 0.169. The van der Waals surface area contributed by atoms with Crippen molar-refractivity contribution in [2.75, 3.05) is 32.6 Å². The van der Waals surface area contributed by atoms with Gasteiger partial charge in [-0.2, -0.15) is 0 Å². The van der Waals surface area contributed by atoms with Crippen LogP contribution < -0.4 is 0 Å². The topological polar surface area (TPSA) is 72.9 Å². The molecule has 0 N–H and O–H groups in total. The van der Waals surface area contributed by atoms with Crippen LogP contribution in [0.5, 0.6) is 0 Å². The van der Waals surface area contributed by atoms with Crippen LogP contribution in [0.2, 0.25) is 0 Å². The van der Waals surface area contributed by atoms with Gasteiger partial charge in [-0.1, -0.05) is 19.1 Å². The first-order valence-corrected chi connectivity index (χ1v) is 12.1. The van der Waals surface area contributed by atoms with Gasteiger partial charge in [-0.25, -0.2) is 13.2 Å². The van der Waals surface area contributed by atoms with Crippen molar-refractivity contribution in [3.8, 4) is 0 Å². The number of ether oxygens (including phenoxy) is 2. The zero-order chi connectivity index (χ0) is 20.1. The maximum absolute atomic E-state index is 11.9. The number of hydrogen-bond donors (Lipinski definition) is 0. The highest BCUT2D eigenvalue weighted by Crippen LogP contribution is 2.48. The average molecular weight is 410 g/mol. The van der Waals surface area contributed by atoms with Crippen LogP contribution in [0.15, 0.2) is 29.2 Å². The van der Waals surface area contributed by atoms with Crippen LogP contribution in [0.1, 0.15) is 38.2 Å². The van der Waals surface area contributed by atoms with E-state index in [1.54, 1.807) is 12.1 Å². The second kappa shape index (κ2) is 9.27. The van der Waals surface area contributed by atoms with E-state index in [1.807, 2.05) is 24.0 Å². The molecule has 1 aromatic rings. The smallest absolute Gasteiger partial charge is 0.409 e. The van der Waals surface area contributed by atoms with Crippen LogP contribution in [-0.2, 0) is 25.9 Å². The third-order valence-electron chi connectivity index (χ3n) is 5.76. The molecular formula is C21H31NO5S. The number of rotatable bonds is 8. The molecule has 156 valence electrons. The van der Waals surface area contributed by atoms with E-state index in [2.05, 4.69) is 0 Å². The highest BCUT2D eigenvalue weighted by molar-refractivity contribution is 7.90. The number of piperidine rings is 1. The Kier molecular flexibility index (Phi) is 6.99. The van der Waals surface area contributed by atoms with Gasteiger partial charge in [0.2, 0.25) is 0 Å². The summed E-state index contributed by atoms with van der Waals surface area (Å²) in [5.74, 6) is 2.00. The van der Waals surface area contributed by atoms with Gasteiger partial charge in [-0.05, 0) is 61.1 Å². The highest BCUT2D eigenvalue weighted by Gasteiger charge is 2.44. The lowest BCUT2D eigenvalue weighted by molar-refractivity contribution is 0.0802. The fourth-order valence-electron chi connectivity index (χ4n) is 3.99. The Morgan fingerprint density at radius 2 is 1.86 bits per heavy atom. The normalized spacial score (nSPS) is 22.9. The van der Waals surface area contributed by atoms with E-state index in [1.165, 1.54) is 12.7 Å². The molecule has 1 aliphatic heterocycles. The summed E-state index contributed by atoms with van der Waals surface area (Å²) in [5, 5.41) is 0. The molecule has 1 aliphatic carbocycles. The molecular weight excluding hydrogens is 378 g/mol. The summed E-state index contributed by atoms with van der Waals surface area (Å²) >= 11 is 0. The van der Waals surface area contributed by atoms with E-state index in [9.17, 15) is 13.2 Å². The van der Waals surface area contributed by atoms with Crippen molar-refractivity contribution in [2.24, 2.45) is 17.8 Å². The first-order chi connectivity index (χ1) is 13.4. The van der Waals surface area contributed by atoms with Crippen LogP contribution in [0.4, 0.5) is 4.79 Å². The number of hydrogen-bond acceptors (Lipinski definition) is 5. The number of nitrogens with zero attached hydrogens (tertiary/aromatic N) is 1. The van der Waals surface area contributed by atoms with Crippen molar-refractivity contribution in [1.29, 1.82) is 0 Å². The van der Waals surface area contributed by atoms with E-state index < -0.39 is 9.84 Å². The molecule has 1 saturated heterocycles. The zero-order valence-electron chi connectivity index (χ0n) is 16.8. The largest absolute Gasteiger partial charge is 0.449 e. The number of carbonyl (C=O) groups is 1. The van der Waals surface area contributed by atoms with Gasteiger partial charge in [0.15, 0.2) is 9.84 Å². The third-order valence-corrected chi connectivity index (χ3v) is 6.89. The molecule has 2 atom stereocenters. The molecule has 28 heavy (non-hydrogen) atoms. The Balaban J connectivity index is 1.34. The van der Waals surface area contributed by atoms with Crippen LogP contribution >= 0.6 is 0 Å². The first-order valence-electron chi connectivity index (χ1n) is 10.2. The van der Waals surface area contributed by atoms with Crippen molar-refractivity contribution in [2.45, 2.75) is 44.1 Å². The Bertz CT molecular complexity index is 754. The first kappa shape index (κ1) is 21.1. The fourth-order valence-corrected chi connectivity index (χ4v) is 4.62. The monoisotopic (exact) mass is 409 g/mol. The molecule has 7 heteroatoms. The zero-order valence-corrected chi connectivity index (χ0v) is 17.6. The summed E-state index contributed by atoms with van der Waals surface area (Å²) < 4.78 is 34.1. The molecule has 1 aromatic carbocycles. The van der Waals surface area contributed by atoms with Gasteiger partial charge in [0.1, 0.15) is 0 Å². The number of likely N-dealkylation sites (tertiary alicyclic amines) is 1. The minimum atomic E-state index is -3.15. The molecule has 0 radical (unpaired) electrons. The summed E-state index contributed by atoms with van der Waals surface area (Å²) in [5.41, 5.74) is 0.989. The third kappa shape index (κ3) is 5.70. The lowest BCUT2D eigenvalue weighted by Gasteiger charge is -2.31. The van der Waals surface area contributed by atoms with Gasteiger partial charge in [-0.3, -0.25) is 0 Å². The number of amides is 1. The van der Waals surface area contributed by atoms with Gasteiger partial charge in [0.05, 0.1) is 24.7 Å². The SMILES string of the molecule is CCCOC(=O)N1CCC([C@H]2C[C@H]2COCc2ccc(S(C)(=O)=O)cc2)CC1. The molecule has 0 spiro atoms. The quantitative estimate of drug-likeness (QED) is 0.657. The summed E-state index contributed by atoms with van der Waals surface area (Å²) in [4.78, 5) is 14.1. The standard InChI is InChI=1S/C21H31NO5S/c1-3-12-27-21(23)22-10-8-17(9-11-22)20-13-18(20)15-26-14-16-4-6-19(7-5-16)28(2,24)25/h4-7,17-18,20H,3,8-15H2,1-2H3/t18-,20+/m0/s1. The Labute approximate surface area is 168 Å². The maximum atomic E-state index is 11.9. The molecule has 0 aromatic heterocycles.